The van der Waals surface area contributed by atoms with E-state index in [9.17, 15) is 8.42 Å². The van der Waals surface area contributed by atoms with Gasteiger partial charge in [-0.05, 0) is 43.3 Å². The lowest BCUT2D eigenvalue weighted by Crippen LogP contribution is -2.42. The molecule has 1 unspecified atom stereocenters. The van der Waals surface area contributed by atoms with Crippen molar-refractivity contribution in [2.75, 3.05) is 26.2 Å². The monoisotopic (exact) mass is 288 g/mol. The molecule has 0 aromatic carbocycles. The molecule has 18 heavy (non-hydrogen) atoms. The van der Waals surface area contributed by atoms with E-state index in [4.69, 9.17) is 0 Å². The fourth-order valence-electron chi connectivity index (χ4n) is 2.30. The lowest BCUT2D eigenvalue weighted by molar-refractivity contribution is 0.261. The van der Waals surface area contributed by atoms with E-state index in [1.54, 1.807) is 16.4 Å². The summed E-state index contributed by atoms with van der Waals surface area (Å²) in [4.78, 5) is 0. The molecule has 0 saturated carbocycles. The lowest BCUT2D eigenvalue weighted by atomic mass is 10.00. The van der Waals surface area contributed by atoms with Crippen LogP contribution in [0, 0.1) is 5.92 Å². The average Bonchev–Trinajstić information content (AvgIpc) is 2.91. The minimum Gasteiger partial charge on any atom is -0.317 e. The molecule has 0 spiro atoms. The van der Waals surface area contributed by atoms with Crippen LogP contribution in [0.2, 0.25) is 0 Å². The Kier molecular flexibility index (Phi) is 4.77. The van der Waals surface area contributed by atoms with Crippen molar-refractivity contribution in [2.45, 2.75) is 24.0 Å². The van der Waals surface area contributed by atoms with E-state index in [-0.39, 0.29) is 0 Å². The van der Waals surface area contributed by atoms with Gasteiger partial charge in [-0.3, -0.25) is 0 Å². The van der Waals surface area contributed by atoms with Gasteiger partial charge in [0.25, 0.3) is 10.0 Å². The van der Waals surface area contributed by atoms with Crippen LogP contribution < -0.4 is 5.32 Å². The summed E-state index contributed by atoms with van der Waals surface area (Å²) in [5.74, 6) is 0.438. The molecule has 4 nitrogen and oxygen atoms in total. The van der Waals surface area contributed by atoms with E-state index in [0.29, 0.717) is 23.2 Å². The maximum absolute atomic E-state index is 12.4. The number of nitrogens with one attached hydrogen (secondary N) is 1. The standard InChI is InChI=1S/C12H20N2O2S2/c1-2-13-9-11-5-3-7-14(10-11)18(15,16)12-6-4-8-17-12/h4,6,8,11,13H,2-3,5,7,9-10H2,1H3. The highest BCUT2D eigenvalue weighted by Crippen LogP contribution is 2.25. The number of rotatable bonds is 5. The third-order valence-corrected chi connectivity index (χ3v) is 6.49. The van der Waals surface area contributed by atoms with Gasteiger partial charge in [-0.1, -0.05) is 13.0 Å². The first-order valence-corrected chi connectivity index (χ1v) is 8.71. The first kappa shape index (κ1) is 14.0. The molecule has 1 fully saturated rings. The molecule has 1 aromatic rings. The molecule has 1 saturated heterocycles. The van der Waals surface area contributed by atoms with Gasteiger partial charge >= 0.3 is 0 Å². The van der Waals surface area contributed by atoms with Crippen molar-refractivity contribution in [1.29, 1.82) is 0 Å². The Morgan fingerprint density at radius 2 is 2.39 bits per heavy atom. The summed E-state index contributed by atoms with van der Waals surface area (Å²) in [7, 11) is -3.25. The molecule has 0 radical (unpaired) electrons. The molecule has 1 atom stereocenters. The Morgan fingerprint density at radius 1 is 1.56 bits per heavy atom. The van der Waals surface area contributed by atoms with Gasteiger partial charge in [0.05, 0.1) is 0 Å². The molecule has 1 N–H and O–H groups in total. The van der Waals surface area contributed by atoms with Gasteiger partial charge in [0.2, 0.25) is 0 Å². The van der Waals surface area contributed by atoms with Crippen molar-refractivity contribution >= 4 is 21.4 Å². The van der Waals surface area contributed by atoms with Crippen molar-refractivity contribution in [2.24, 2.45) is 5.92 Å². The maximum Gasteiger partial charge on any atom is 0.252 e. The summed E-state index contributed by atoms with van der Waals surface area (Å²) >= 11 is 1.30. The Bertz CT molecular complexity index is 456. The van der Waals surface area contributed by atoms with Crippen molar-refractivity contribution in [3.63, 3.8) is 0 Å². The molecule has 6 heteroatoms. The Labute approximate surface area is 113 Å². The second-order valence-corrected chi connectivity index (χ2v) is 7.72. The second-order valence-electron chi connectivity index (χ2n) is 4.61. The zero-order chi connectivity index (χ0) is 13.0. The number of piperidine rings is 1. The number of nitrogens with zero attached hydrogens (tertiary/aromatic N) is 1. The van der Waals surface area contributed by atoms with Crippen molar-refractivity contribution in [3.05, 3.63) is 17.5 Å². The van der Waals surface area contributed by atoms with Gasteiger partial charge < -0.3 is 5.32 Å². The predicted octanol–water partition coefficient (Wildman–Crippen LogP) is 1.76. The van der Waals surface area contributed by atoms with E-state index in [2.05, 4.69) is 12.2 Å². The van der Waals surface area contributed by atoms with Gasteiger partial charge in [0, 0.05) is 13.1 Å². The third kappa shape index (κ3) is 3.12. The first-order chi connectivity index (χ1) is 8.64. The highest BCUT2D eigenvalue weighted by atomic mass is 32.2. The molecular weight excluding hydrogens is 268 g/mol. The van der Waals surface area contributed by atoms with Crippen LogP contribution in [0.25, 0.3) is 0 Å². The SMILES string of the molecule is CCNCC1CCCN(S(=O)(=O)c2cccs2)C1. The van der Waals surface area contributed by atoms with Crippen LogP contribution in [-0.4, -0.2) is 38.9 Å². The average molecular weight is 288 g/mol. The summed E-state index contributed by atoms with van der Waals surface area (Å²) in [5, 5.41) is 5.12. The van der Waals surface area contributed by atoms with Crippen LogP contribution in [0.5, 0.6) is 0 Å². The highest BCUT2D eigenvalue weighted by molar-refractivity contribution is 7.91. The Balaban J connectivity index is 2.04. The van der Waals surface area contributed by atoms with Crippen LogP contribution in [0.15, 0.2) is 21.7 Å². The second kappa shape index (κ2) is 6.14. The minimum absolute atomic E-state index is 0.438. The van der Waals surface area contributed by atoms with E-state index in [0.717, 1.165) is 25.9 Å². The molecule has 102 valence electrons. The van der Waals surface area contributed by atoms with E-state index in [1.165, 1.54) is 11.3 Å². The summed E-state index contributed by atoms with van der Waals surface area (Å²) < 4.78 is 26.9. The largest absolute Gasteiger partial charge is 0.317 e. The molecule has 1 aliphatic rings. The highest BCUT2D eigenvalue weighted by Gasteiger charge is 2.30. The molecular formula is C12H20N2O2S2. The van der Waals surface area contributed by atoms with E-state index < -0.39 is 10.0 Å². The van der Waals surface area contributed by atoms with Crippen LogP contribution in [0.3, 0.4) is 0 Å². The summed E-state index contributed by atoms with van der Waals surface area (Å²) in [6.45, 7) is 5.22. The summed E-state index contributed by atoms with van der Waals surface area (Å²) in [6, 6.07) is 3.48. The summed E-state index contributed by atoms with van der Waals surface area (Å²) in [6.07, 6.45) is 2.07. The fourth-order valence-corrected chi connectivity index (χ4v) is 5.00. The van der Waals surface area contributed by atoms with Crippen molar-refractivity contribution in [1.82, 2.24) is 9.62 Å². The zero-order valence-corrected chi connectivity index (χ0v) is 12.3. The van der Waals surface area contributed by atoms with Gasteiger partial charge in [-0.25, -0.2) is 8.42 Å². The molecule has 2 heterocycles. The van der Waals surface area contributed by atoms with Crippen LogP contribution >= 0.6 is 11.3 Å². The first-order valence-electron chi connectivity index (χ1n) is 6.39. The lowest BCUT2D eigenvalue weighted by Gasteiger charge is -2.31. The van der Waals surface area contributed by atoms with Crippen LogP contribution in [-0.2, 0) is 10.0 Å². The molecule has 0 bridgehead atoms. The summed E-state index contributed by atoms with van der Waals surface area (Å²) in [5.41, 5.74) is 0. The third-order valence-electron chi connectivity index (χ3n) is 3.25. The Morgan fingerprint density at radius 3 is 3.06 bits per heavy atom. The van der Waals surface area contributed by atoms with Gasteiger partial charge in [0.1, 0.15) is 4.21 Å². The number of hydrogen-bond acceptors (Lipinski definition) is 4. The number of sulfonamides is 1. The molecule has 1 aromatic heterocycles. The minimum atomic E-state index is -3.25. The Hall–Kier alpha value is -0.430. The predicted molar refractivity (Wildman–Crippen MR) is 74.3 cm³/mol. The number of hydrogen-bond donors (Lipinski definition) is 1. The zero-order valence-electron chi connectivity index (χ0n) is 10.6. The quantitative estimate of drug-likeness (QED) is 0.898. The van der Waals surface area contributed by atoms with Crippen LogP contribution in [0.1, 0.15) is 19.8 Å². The van der Waals surface area contributed by atoms with Gasteiger partial charge in [-0.2, -0.15) is 4.31 Å². The van der Waals surface area contributed by atoms with Crippen LogP contribution in [0.4, 0.5) is 0 Å². The van der Waals surface area contributed by atoms with E-state index >= 15 is 0 Å². The fraction of sp³-hybridized carbons (Fsp3) is 0.667. The number of thiophene rings is 1. The van der Waals surface area contributed by atoms with Gasteiger partial charge in [-0.15, -0.1) is 11.3 Å². The normalized spacial score (nSPS) is 22.2. The topological polar surface area (TPSA) is 49.4 Å². The van der Waals surface area contributed by atoms with Crippen molar-refractivity contribution in [3.8, 4) is 0 Å². The van der Waals surface area contributed by atoms with E-state index in [1.807, 2.05) is 5.38 Å². The molecule has 0 aliphatic carbocycles. The molecule has 2 rings (SSSR count). The van der Waals surface area contributed by atoms with Crippen molar-refractivity contribution < 1.29 is 8.42 Å². The smallest absolute Gasteiger partial charge is 0.252 e. The maximum atomic E-state index is 12.4. The molecule has 1 aliphatic heterocycles. The molecule has 0 amide bonds. The van der Waals surface area contributed by atoms with Gasteiger partial charge in [0.15, 0.2) is 0 Å².